The maximum absolute atomic E-state index is 6.61. The van der Waals surface area contributed by atoms with Crippen LogP contribution in [0.5, 0.6) is 0 Å². The standard InChI is InChI=1S/C43H75NO3/c1-3-5-7-9-11-13-15-17-19-21-23-25-27-29-31-33-35-43(41-44(37-38-47-43)42-45-39-40-46-42)36-34-32-30-28-26-24-22-20-18-16-14-12-10-8-6-4-2/h11-14,17-20,39-40,42H,3-10,15-16,21-38,41H2,1-2H3/b13-11-,14-12-,19-17-,20-18-. The highest BCUT2D eigenvalue weighted by molar-refractivity contribution is 4.94. The molecular weight excluding hydrogens is 578 g/mol. The second-order valence-corrected chi connectivity index (χ2v) is 14.0. The highest BCUT2D eigenvalue weighted by Gasteiger charge is 2.39. The molecule has 47 heavy (non-hydrogen) atoms. The zero-order chi connectivity index (χ0) is 33.4. The minimum Gasteiger partial charge on any atom is -0.446 e. The lowest BCUT2D eigenvalue weighted by Crippen LogP contribution is -2.55. The number of allylic oxidation sites excluding steroid dienone is 8. The lowest BCUT2D eigenvalue weighted by atomic mass is 9.87. The van der Waals surface area contributed by atoms with Crippen LogP contribution in [-0.2, 0) is 14.2 Å². The number of nitrogens with zero attached hydrogens (tertiary/aromatic N) is 1. The van der Waals surface area contributed by atoms with E-state index in [9.17, 15) is 0 Å². The lowest BCUT2D eigenvalue weighted by Gasteiger charge is -2.44. The first-order valence-electron chi connectivity index (χ1n) is 20.2. The Morgan fingerprint density at radius 2 is 0.936 bits per heavy atom. The average molecular weight is 654 g/mol. The molecule has 2 rings (SSSR count). The zero-order valence-corrected chi connectivity index (χ0v) is 31.0. The summed E-state index contributed by atoms with van der Waals surface area (Å²) in [5.74, 6) is 0. The van der Waals surface area contributed by atoms with Crippen LogP contribution >= 0.6 is 0 Å². The van der Waals surface area contributed by atoms with Crippen molar-refractivity contribution in [3.8, 4) is 0 Å². The van der Waals surface area contributed by atoms with E-state index in [1.165, 1.54) is 141 Å². The fourth-order valence-corrected chi connectivity index (χ4v) is 6.76. The second kappa shape index (κ2) is 30.3. The van der Waals surface area contributed by atoms with Gasteiger partial charge >= 0.3 is 6.41 Å². The van der Waals surface area contributed by atoms with Crippen molar-refractivity contribution in [2.24, 2.45) is 0 Å². The Kier molecular flexibility index (Phi) is 26.7. The summed E-state index contributed by atoms with van der Waals surface area (Å²) in [5, 5.41) is 0. The van der Waals surface area contributed by atoms with Gasteiger partial charge in [-0.2, -0.15) is 0 Å². The van der Waals surface area contributed by atoms with Gasteiger partial charge in [-0.1, -0.05) is 152 Å². The molecule has 0 radical (unpaired) electrons. The average Bonchev–Trinajstić information content (AvgIpc) is 3.64. The minimum atomic E-state index is -0.273. The third kappa shape index (κ3) is 22.5. The smallest absolute Gasteiger partial charge is 0.303 e. The fourth-order valence-electron chi connectivity index (χ4n) is 6.76. The van der Waals surface area contributed by atoms with Gasteiger partial charge in [0.25, 0.3) is 0 Å². The normalized spacial score (nSPS) is 17.2. The molecule has 0 bridgehead atoms. The fraction of sp³-hybridized carbons (Fsp3) is 0.767. The number of unbranched alkanes of at least 4 members (excludes halogenated alkanes) is 18. The number of morpholine rings is 1. The van der Waals surface area contributed by atoms with Crippen molar-refractivity contribution in [2.45, 2.75) is 193 Å². The van der Waals surface area contributed by atoms with E-state index >= 15 is 0 Å². The molecule has 1 saturated heterocycles. The van der Waals surface area contributed by atoms with E-state index in [1.54, 1.807) is 12.5 Å². The Hall–Kier alpha value is -1.78. The molecule has 2 aliphatic rings. The van der Waals surface area contributed by atoms with Gasteiger partial charge < -0.3 is 14.2 Å². The van der Waals surface area contributed by atoms with Gasteiger partial charge in [0.15, 0.2) is 0 Å². The Balaban J connectivity index is 1.56. The Bertz CT molecular complexity index is 788. The van der Waals surface area contributed by atoms with Gasteiger partial charge in [-0.05, 0) is 77.0 Å². The molecule has 1 fully saturated rings. The van der Waals surface area contributed by atoms with E-state index in [0.717, 1.165) is 45.4 Å². The molecule has 4 heteroatoms. The van der Waals surface area contributed by atoms with Crippen molar-refractivity contribution in [1.29, 1.82) is 0 Å². The van der Waals surface area contributed by atoms with Crippen molar-refractivity contribution in [2.75, 3.05) is 19.7 Å². The van der Waals surface area contributed by atoms with Gasteiger partial charge in [-0.3, -0.25) is 0 Å². The largest absolute Gasteiger partial charge is 0.446 e. The molecular formula is C43H75NO3. The van der Waals surface area contributed by atoms with E-state index in [4.69, 9.17) is 14.2 Å². The number of hydrogen-bond acceptors (Lipinski definition) is 4. The topological polar surface area (TPSA) is 30.9 Å². The molecule has 0 saturated carbocycles. The number of ether oxygens (including phenoxy) is 3. The highest BCUT2D eigenvalue weighted by Crippen LogP contribution is 2.32. The van der Waals surface area contributed by atoms with Crippen molar-refractivity contribution >= 4 is 0 Å². The van der Waals surface area contributed by atoms with Crippen LogP contribution in [0.3, 0.4) is 0 Å². The summed E-state index contributed by atoms with van der Waals surface area (Å²) in [4.78, 5) is 2.34. The van der Waals surface area contributed by atoms with Crippen molar-refractivity contribution in [3.63, 3.8) is 0 Å². The molecule has 0 spiro atoms. The molecule has 0 aromatic carbocycles. The van der Waals surface area contributed by atoms with E-state index in [1.807, 2.05) is 0 Å². The van der Waals surface area contributed by atoms with Crippen LogP contribution in [0.2, 0.25) is 0 Å². The zero-order valence-electron chi connectivity index (χ0n) is 31.0. The molecule has 0 aromatic rings. The molecule has 0 amide bonds. The summed E-state index contributed by atoms with van der Waals surface area (Å²) in [5.41, 5.74) is -0.0575. The van der Waals surface area contributed by atoms with Gasteiger partial charge in [0.2, 0.25) is 0 Å². The highest BCUT2D eigenvalue weighted by atomic mass is 16.7. The van der Waals surface area contributed by atoms with Crippen molar-refractivity contribution < 1.29 is 14.2 Å². The van der Waals surface area contributed by atoms with E-state index in [-0.39, 0.29) is 12.0 Å². The maximum atomic E-state index is 6.61. The first-order valence-corrected chi connectivity index (χ1v) is 20.2. The molecule has 0 unspecified atom stereocenters. The summed E-state index contributed by atoms with van der Waals surface area (Å²) in [6.45, 7) is 7.10. The summed E-state index contributed by atoms with van der Waals surface area (Å²) >= 11 is 0. The molecule has 0 N–H and O–H groups in total. The van der Waals surface area contributed by atoms with Gasteiger partial charge in [0, 0.05) is 13.1 Å². The lowest BCUT2D eigenvalue weighted by molar-refractivity contribution is -0.206. The molecule has 4 nitrogen and oxygen atoms in total. The van der Waals surface area contributed by atoms with Crippen LogP contribution in [0.15, 0.2) is 61.1 Å². The van der Waals surface area contributed by atoms with Gasteiger partial charge in [0.1, 0.15) is 12.5 Å². The van der Waals surface area contributed by atoms with E-state index < -0.39 is 0 Å². The predicted molar refractivity (Wildman–Crippen MR) is 203 cm³/mol. The molecule has 2 heterocycles. The second-order valence-electron chi connectivity index (χ2n) is 14.0. The van der Waals surface area contributed by atoms with Crippen LogP contribution in [0.1, 0.15) is 181 Å². The molecule has 0 aliphatic carbocycles. The predicted octanol–water partition coefficient (Wildman–Crippen LogP) is 13.3. The van der Waals surface area contributed by atoms with Gasteiger partial charge in [-0.15, -0.1) is 0 Å². The number of hydrogen-bond donors (Lipinski definition) is 0. The quantitative estimate of drug-likeness (QED) is 0.0550. The van der Waals surface area contributed by atoms with Crippen LogP contribution in [0.4, 0.5) is 0 Å². The van der Waals surface area contributed by atoms with E-state index in [0.29, 0.717) is 0 Å². The third-order valence-electron chi connectivity index (χ3n) is 9.69. The van der Waals surface area contributed by atoms with Gasteiger partial charge in [-0.25, -0.2) is 4.90 Å². The summed E-state index contributed by atoms with van der Waals surface area (Å²) in [7, 11) is 0. The van der Waals surface area contributed by atoms with Crippen molar-refractivity contribution in [1.82, 2.24) is 4.90 Å². The molecule has 2 aliphatic heterocycles. The number of rotatable bonds is 31. The van der Waals surface area contributed by atoms with Crippen molar-refractivity contribution in [3.05, 3.63) is 61.1 Å². The monoisotopic (exact) mass is 654 g/mol. The Morgan fingerprint density at radius 1 is 0.532 bits per heavy atom. The third-order valence-corrected chi connectivity index (χ3v) is 9.69. The molecule has 0 atom stereocenters. The Morgan fingerprint density at radius 3 is 1.38 bits per heavy atom. The minimum absolute atomic E-state index is 0.0575. The van der Waals surface area contributed by atoms with Crippen LogP contribution in [-0.4, -0.2) is 36.6 Å². The molecule has 0 aromatic heterocycles. The first-order chi connectivity index (χ1) is 23.3. The first kappa shape index (κ1) is 41.4. The van der Waals surface area contributed by atoms with Crippen LogP contribution < -0.4 is 0 Å². The summed E-state index contributed by atoms with van der Waals surface area (Å²) in [6, 6.07) is 0. The summed E-state index contributed by atoms with van der Waals surface area (Å²) in [6.07, 6.45) is 55.2. The van der Waals surface area contributed by atoms with Crippen LogP contribution in [0, 0.1) is 0 Å². The van der Waals surface area contributed by atoms with Crippen LogP contribution in [0.25, 0.3) is 0 Å². The van der Waals surface area contributed by atoms with E-state index in [2.05, 4.69) is 67.4 Å². The SMILES string of the molecule is CCCCC/C=C\C/C=C\CCCCCCCCC1(CCCCCCCC/C=C\C/C=C\CCCCC)CN(C2OC=CO2)CCO1. The summed E-state index contributed by atoms with van der Waals surface area (Å²) < 4.78 is 18.0. The Labute approximate surface area is 292 Å². The van der Waals surface area contributed by atoms with Gasteiger partial charge in [0.05, 0.1) is 12.2 Å². The molecule has 270 valence electrons. The maximum Gasteiger partial charge on any atom is 0.303 e.